The van der Waals surface area contributed by atoms with Crippen LogP contribution in [0.3, 0.4) is 0 Å². The van der Waals surface area contributed by atoms with Gasteiger partial charge in [-0.2, -0.15) is 0 Å². The van der Waals surface area contributed by atoms with E-state index in [2.05, 4.69) is 5.32 Å². The van der Waals surface area contributed by atoms with Gasteiger partial charge in [0.1, 0.15) is 5.75 Å². The van der Waals surface area contributed by atoms with Crippen LogP contribution < -0.4 is 5.32 Å². The molecule has 2 aromatic carbocycles. The summed E-state index contributed by atoms with van der Waals surface area (Å²) in [6.07, 6.45) is 0.475. The van der Waals surface area contributed by atoms with E-state index in [0.29, 0.717) is 6.42 Å². The minimum Gasteiger partial charge on any atom is -0.508 e. The van der Waals surface area contributed by atoms with Gasteiger partial charge in [-0.15, -0.1) is 0 Å². The van der Waals surface area contributed by atoms with E-state index in [0.717, 1.165) is 23.8 Å². The van der Waals surface area contributed by atoms with Crippen LogP contribution >= 0.6 is 0 Å². The van der Waals surface area contributed by atoms with Gasteiger partial charge in [-0.3, -0.25) is 25.0 Å². The molecule has 9 heteroatoms. The van der Waals surface area contributed by atoms with Crippen molar-refractivity contribution in [3.8, 4) is 5.75 Å². The Balaban J connectivity index is 2.07. The second-order valence-electron chi connectivity index (χ2n) is 4.92. The summed E-state index contributed by atoms with van der Waals surface area (Å²) in [4.78, 5) is 32.1. The van der Waals surface area contributed by atoms with E-state index >= 15 is 0 Å². The van der Waals surface area contributed by atoms with E-state index in [1.165, 1.54) is 12.1 Å². The predicted molar refractivity (Wildman–Crippen MR) is 83.9 cm³/mol. The predicted octanol–water partition coefficient (Wildman–Crippen LogP) is 2.18. The van der Waals surface area contributed by atoms with Gasteiger partial charge in [0.25, 0.3) is 17.3 Å². The Bertz CT molecular complexity index is 756. The third-order valence-corrected chi connectivity index (χ3v) is 3.22. The average molecular weight is 331 g/mol. The summed E-state index contributed by atoms with van der Waals surface area (Å²) in [6.45, 7) is 0.236. The molecule has 124 valence electrons. The molecule has 1 amide bonds. The van der Waals surface area contributed by atoms with E-state index in [1.54, 1.807) is 12.1 Å². The number of nitrogens with one attached hydrogen (secondary N) is 1. The monoisotopic (exact) mass is 331 g/mol. The van der Waals surface area contributed by atoms with Crippen molar-refractivity contribution in [3.63, 3.8) is 0 Å². The Morgan fingerprint density at radius 2 is 1.54 bits per heavy atom. The number of hydrogen-bond donors (Lipinski definition) is 2. The topological polar surface area (TPSA) is 136 Å². The standard InChI is InChI=1S/C15H13N3O6/c19-14-3-1-10(2-4-14)5-6-16-15(20)11-7-12(17(21)22)9-13(8-11)18(23)24/h1-4,7-9,19H,5-6H2,(H,16,20). The highest BCUT2D eigenvalue weighted by atomic mass is 16.6. The fourth-order valence-corrected chi connectivity index (χ4v) is 2.02. The van der Waals surface area contributed by atoms with Gasteiger partial charge in [0.2, 0.25) is 0 Å². The number of amides is 1. The van der Waals surface area contributed by atoms with Crippen molar-refractivity contribution in [1.29, 1.82) is 0 Å². The molecule has 0 aliphatic rings. The summed E-state index contributed by atoms with van der Waals surface area (Å²) in [7, 11) is 0. The van der Waals surface area contributed by atoms with Crippen molar-refractivity contribution < 1.29 is 19.7 Å². The normalized spacial score (nSPS) is 10.2. The average Bonchev–Trinajstić information content (AvgIpc) is 2.56. The van der Waals surface area contributed by atoms with Crippen LogP contribution in [0.5, 0.6) is 5.75 Å². The number of non-ortho nitro benzene ring substituents is 2. The highest BCUT2D eigenvalue weighted by molar-refractivity contribution is 5.95. The highest BCUT2D eigenvalue weighted by Crippen LogP contribution is 2.22. The van der Waals surface area contributed by atoms with Crippen molar-refractivity contribution in [2.24, 2.45) is 0 Å². The van der Waals surface area contributed by atoms with Gasteiger partial charge in [-0.1, -0.05) is 12.1 Å². The quantitative estimate of drug-likeness (QED) is 0.615. The number of nitrogens with zero attached hydrogens (tertiary/aromatic N) is 2. The number of benzene rings is 2. The van der Waals surface area contributed by atoms with E-state index < -0.39 is 27.1 Å². The minimum atomic E-state index is -0.791. The van der Waals surface area contributed by atoms with Gasteiger partial charge in [0.15, 0.2) is 0 Å². The third-order valence-electron chi connectivity index (χ3n) is 3.22. The number of carbonyl (C=O) groups excluding carboxylic acids is 1. The van der Waals surface area contributed by atoms with E-state index in [4.69, 9.17) is 0 Å². The minimum absolute atomic E-state index is 0.131. The van der Waals surface area contributed by atoms with Crippen LogP contribution in [0.1, 0.15) is 15.9 Å². The van der Waals surface area contributed by atoms with Crippen LogP contribution in [-0.2, 0) is 6.42 Å². The van der Waals surface area contributed by atoms with E-state index in [-0.39, 0.29) is 17.9 Å². The second kappa shape index (κ2) is 7.18. The first kappa shape index (κ1) is 16.9. The van der Waals surface area contributed by atoms with Gasteiger partial charge >= 0.3 is 0 Å². The number of phenolic OH excluding ortho intramolecular Hbond substituents is 1. The molecule has 24 heavy (non-hydrogen) atoms. The summed E-state index contributed by atoms with van der Waals surface area (Å²) < 4.78 is 0. The fraction of sp³-hybridized carbons (Fsp3) is 0.133. The Labute approximate surface area is 135 Å². The molecule has 0 saturated heterocycles. The number of rotatable bonds is 6. The molecular formula is C15H13N3O6. The summed E-state index contributed by atoms with van der Waals surface area (Å²) in [5, 5.41) is 33.3. The molecule has 2 aromatic rings. The Morgan fingerprint density at radius 1 is 1.00 bits per heavy atom. The van der Waals surface area contributed by atoms with Crippen LogP contribution in [0.25, 0.3) is 0 Å². The Morgan fingerprint density at radius 3 is 2.04 bits per heavy atom. The van der Waals surface area contributed by atoms with Crippen molar-refractivity contribution in [2.75, 3.05) is 6.54 Å². The summed E-state index contributed by atoms with van der Waals surface area (Å²) in [5.41, 5.74) is -0.319. The lowest BCUT2D eigenvalue weighted by Gasteiger charge is -2.06. The molecule has 0 fully saturated rings. The summed E-state index contributed by atoms with van der Waals surface area (Å²) in [5.74, 6) is -0.507. The van der Waals surface area contributed by atoms with Gasteiger partial charge in [-0.25, -0.2) is 0 Å². The van der Waals surface area contributed by atoms with Gasteiger partial charge in [0.05, 0.1) is 21.5 Å². The van der Waals surface area contributed by atoms with Crippen LogP contribution in [0.4, 0.5) is 11.4 Å². The van der Waals surface area contributed by atoms with Crippen LogP contribution in [0.2, 0.25) is 0 Å². The maximum atomic E-state index is 12.0. The van der Waals surface area contributed by atoms with Gasteiger partial charge < -0.3 is 10.4 Å². The molecule has 0 aliphatic heterocycles. The molecule has 0 bridgehead atoms. The molecule has 0 saturated carbocycles. The zero-order chi connectivity index (χ0) is 17.7. The first-order valence-electron chi connectivity index (χ1n) is 6.87. The molecule has 2 rings (SSSR count). The van der Waals surface area contributed by atoms with Gasteiger partial charge in [-0.05, 0) is 24.1 Å². The van der Waals surface area contributed by atoms with Gasteiger partial charge in [0, 0.05) is 18.7 Å². The van der Waals surface area contributed by atoms with Crippen molar-refractivity contribution in [2.45, 2.75) is 6.42 Å². The molecule has 0 atom stereocenters. The lowest BCUT2D eigenvalue weighted by atomic mass is 10.1. The maximum Gasteiger partial charge on any atom is 0.277 e. The number of carbonyl (C=O) groups is 1. The van der Waals surface area contributed by atoms with Crippen molar-refractivity contribution in [1.82, 2.24) is 5.32 Å². The Hall–Kier alpha value is -3.49. The molecule has 0 spiro atoms. The third kappa shape index (κ3) is 4.26. The SMILES string of the molecule is O=C(NCCc1ccc(O)cc1)c1cc([N+](=O)[O-])cc([N+](=O)[O-])c1. The molecule has 2 N–H and O–H groups in total. The van der Waals surface area contributed by atoms with Crippen LogP contribution in [0.15, 0.2) is 42.5 Å². The zero-order valence-corrected chi connectivity index (χ0v) is 12.3. The lowest BCUT2D eigenvalue weighted by Crippen LogP contribution is -2.25. The highest BCUT2D eigenvalue weighted by Gasteiger charge is 2.19. The summed E-state index contributed by atoms with van der Waals surface area (Å²) in [6, 6.07) is 9.19. The number of aromatic hydroxyl groups is 1. The number of hydrogen-bond acceptors (Lipinski definition) is 6. The Kier molecular flexibility index (Phi) is 5.05. The number of nitro groups is 2. The van der Waals surface area contributed by atoms with Crippen LogP contribution in [0, 0.1) is 20.2 Å². The zero-order valence-electron chi connectivity index (χ0n) is 12.3. The largest absolute Gasteiger partial charge is 0.508 e. The molecular weight excluding hydrogens is 318 g/mol. The second-order valence-corrected chi connectivity index (χ2v) is 4.92. The fourth-order valence-electron chi connectivity index (χ4n) is 2.02. The molecule has 0 aromatic heterocycles. The van der Waals surface area contributed by atoms with Crippen LogP contribution in [-0.4, -0.2) is 27.4 Å². The molecule has 9 nitrogen and oxygen atoms in total. The molecule has 0 aliphatic carbocycles. The maximum absolute atomic E-state index is 12.0. The lowest BCUT2D eigenvalue weighted by molar-refractivity contribution is -0.394. The van der Waals surface area contributed by atoms with Crippen molar-refractivity contribution in [3.05, 3.63) is 73.8 Å². The smallest absolute Gasteiger partial charge is 0.277 e. The summed E-state index contributed by atoms with van der Waals surface area (Å²) >= 11 is 0. The van der Waals surface area contributed by atoms with E-state index in [1.807, 2.05) is 0 Å². The first-order valence-corrected chi connectivity index (χ1v) is 6.87. The first-order chi connectivity index (χ1) is 11.4. The molecule has 0 unspecified atom stereocenters. The van der Waals surface area contributed by atoms with E-state index in [9.17, 15) is 30.1 Å². The molecule has 0 radical (unpaired) electrons. The molecule has 0 heterocycles. The number of phenols is 1. The number of nitro benzene ring substituents is 2. The van der Waals surface area contributed by atoms with Crippen molar-refractivity contribution >= 4 is 17.3 Å².